The van der Waals surface area contributed by atoms with Crippen molar-refractivity contribution in [3.8, 4) is 0 Å². The smallest absolute Gasteiger partial charge is 0.339 e. The molecule has 3 rings (SSSR count). The lowest BCUT2D eigenvalue weighted by Crippen LogP contribution is -2.34. The predicted molar refractivity (Wildman–Crippen MR) is 74.4 cm³/mol. The molecule has 2 atom stereocenters. The molecule has 1 aromatic carbocycles. The summed E-state index contributed by atoms with van der Waals surface area (Å²) in [7, 11) is 1.34. The Labute approximate surface area is 117 Å². The number of benzene rings is 1. The van der Waals surface area contributed by atoms with Crippen LogP contribution in [0.4, 0.5) is 10.1 Å². The fraction of sp³-hybridized carbons (Fsp3) is 0.533. The fourth-order valence-electron chi connectivity index (χ4n) is 3.37. The molecule has 5 heteroatoms. The molecule has 108 valence electrons. The number of anilines is 1. The van der Waals surface area contributed by atoms with Gasteiger partial charge in [-0.3, -0.25) is 4.90 Å². The van der Waals surface area contributed by atoms with Crippen LogP contribution >= 0.6 is 0 Å². The molecule has 0 saturated carbocycles. The molecule has 0 amide bonds. The summed E-state index contributed by atoms with van der Waals surface area (Å²) in [6, 6.07) is 4.93. The van der Waals surface area contributed by atoms with Crippen molar-refractivity contribution in [3.05, 3.63) is 29.6 Å². The number of carbonyl (C=O) groups excluding carboxylic acids is 1. The highest BCUT2D eigenvalue weighted by Crippen LogP contribution is 2.31. The molecule has 2 heterocycles. The number of fused-ring (bicyclic) bond motifs is 1. The van der Waals surface area contributed by atoms with Gasteiger partial charge in [-0.2, -0.15) is 0 Å². The number of rotatable bonds is 3. The van der Waals surface area contributed by atoms with Gasteiger partial charge in [0.15, 0.2) is 0 Å². The summed E-state index contributed by atoms with van der Waals surface area (Å²) in [5.41, 5.74) is 0.931. The largest absolute Gasteiger partial charge is 0.465 e. The first-order valence-corrected chi connectivity index (χ1v) is 7.07. The number of nitrogens with zero attached hydrogens (tertiary/aromatic N) is 1. The maximum absolute atomic E-state index is 13.5. The SMILES string of the molecule is COC(=O)c1ccc(F)cc1NC1CCN2CCCC12. The van der Waals surface area contributed by atoms with Crippen LogP contribution in [0.15, 0.2) is 18.2 Å². The van der Waals surface area contributed by atoms with Crippen molar-refractivity contribution in [2.24, 2.45) is 0 Å². The zero-order valence-corrected chi connectivity index (χ0v) is 11.6. The standard InChI is InChI=1S/C15H19FN2O2/c1-20-15(19)11-5-4-10(16)9-13(11)17-12-6-8-18-7-2-3-14(12)18/h4-5,9,12,14,17H,2-3,6-8H2,1H3. The number of methoxy groups -OCH3 is 1. The second-order valence-electron chi connectivity index (χ2n) is 5.47. The maximum Gasteiger partial charge on any atom is 0.339 e. The van der Waals surface area contributed by atoms with E-state index in [1.165, 1.54) is 38.2 Å². The summed E-state index contributed by atoms with van der Waals surface area (Å²) >= 11 is 0. The summed E-state index contributed by atoms with van der Waals surface area (Å²) in [6.45, 7) is 2.22. The van der Waals surface area contributed by atoms with E-state index in [9.17, 15) is 9.18 Å². The Balaban J connectivity index is 1.82. The van der Waals surface area contributed by atoms with Crippen molar-refractivity contribution in [1.29, 1.82) is 0 Å². The molecule has 4 nitrogen and oxygen atoms in total. The molecule has 1 N–H and O–H groups in total. The van der Waals surface area contributed by atoms with Crippen molar-refractivity contribution >= 4 is 11.7 Å². The zero-order chi connectivity index (χ0) is 14.1. The third-order valence-electron chi connectivity index (χ3n) is 4.33. The maximum atomic E-state index is 13.5. The third kappa shape index (κ3) is 2.38. The molecule has 0 aliphatic carbocycles. The average molecular weight is 278 g/mol. The van der Waals surface area contributed by atoms with Gasteiger partial charge >= 0.3 is 5.97 Å². The van der Waals surface area contributed by atoms with Gasteiger partial charge in [0.1, 0.15) is 5.82 Å². The molecule has 0 spiro atoms. The first-order chi connectivity index (χ1) is 9.69. The van der Waals surface area contributed by atoms with E-state index in [1.807, 2.05) is 0 Å². The van der Waals surface area contributed by atoms with E-state index in [1.54, 1.807) is 0 Å². The lowest BCUT2D eigenvalue weighted by molar-refractivity contribution is 0.0601. The van der Waals surface area contributed by atoms with Crippen molar-refractivity contribution in [2.75, 3.05) is 25.5 Å². The molecule has 1 aromatic rings. The quantitative estimate of drug-likeness (QED) is 0.861. The molecule has 0 aromatic heterocycles. The highest BCUT2D eigenvalue weighted by atomic mass is 19.1. The van der Waals surface area contributed by atoms with Gasteiger partial charge in [0, 0.05) is 18.6 Å². The van der Waals surface area contributed by atoms with Gasteiger partial charge in [-0.1, -0.05) is 0 Å². The van der Waals surface area contributed by atoms with Gasteiger partial charge < -0.3 is 10.1 Å². The second-order valence-corrected chi connectivity index (χ2v) is 5.47. The van der Waals surface area contributed by atoms with Crippen LogP contribution in [-0.2, 0) is 4.74 Å². The monoisotopic (exact) mass is 278 g/mol. The third-order valence-corrected chi connectivity index (χ3v) is 4.33. The fourth-order valence-corrected chi connectivity index (χ4v) is 3.37. The molecule has 2 saturated heterocycles. The Morgan fingerprint density at radius 1 is 1.40 bits per heavy atom. The summed E-state index contributed by atoms with van der Waals surface area (Å²) in [5, 5.41) is 3.35. The van der Waals surface area contributed by atoms with Crippen LogP contribution in [0, 0.1) is 5.82 Å². The molecule has 2 fully saturated rings. The number of hydrogen-bond acceptors (Lipinski definition) is 4. The highest BCUT2D eigenvalue weighted by Gasteiger charge is 2.37. The Morgan fingerprint density at radius 3 is 3.05 bits per heavy atom. The van der Waals surface area contributed by atoms with Crippen LogP contribution in [0.2, 0.25) is 0 Å². The van der Waals surface area contributed by atoms with Gasteiger partial charge in [0.05, 0.1) is 18.4 Å². The molecule has 0 radical (unpaired) electrons. The van der Waals surface area contributed by atoms with Crippen LogP contribution in [0.1, 0.15) is 29.6 Å². The van der Waals surface area contributed by atoms with Crippen molar-refractivity contribution in [1.82, 2.24) is 4.90 Å². The van der Waals surface area contributed by atoms with Crippen LogP contribution in [-0.4, -0.2) is 43.2 Å². The first kappa shape index (κ1) is 13.4. The van der Waals surface area contributed by atoms with Crippen molar-refractivity contribution < 1.29 is 13.9 Å². The van der Waals surface area contributed by atoms with E-state index in [4.69, 9.17) is 4.74 Å². The molecule has 2 unspecified atom stereocenters. The zero-order valence-electron chi connectivity index (χ0n) is 11.6. The van der Waals surface area contributed by atoms with Crippen molar-refractivity contribution in [3.63, 3.8) is 0 Å². The van der Waals surface area contributed by atoms with E-state index in [0.29, 0.717) is 17.3 Å². The van der Waals surface area contributed by atoms with Gasteiger partial charge in [0.2, 0.25) is 0 Å². The molecule has 2 aliphatic heterocycles. The number of carbonyl (C=O) groups is 1. The summed E-state index contributed by atoms with van der Waals surface area (Å²) in [4.78, 5) is 14.2. The van der Waals surface area contributed by atoms with Gasteiger partial charge in [0.25, 0.3) is 0 Å². The summed E-state index contributed by atoms with van der Waals surface area (Å²) in [5.74, 6) is -0.782. The minimum Gasteiger partial charge on any atom is -0.465 e. The van der Waals surface area contributed by atoms with Crippen LogP contribution in [0.25, 0.3) is 0 Å². The molecule has 20 heavy (non-hydrogen) atoms. The Hall–Kier alpha value is -1.62. The van der Waals surface area contributed by atoms with E-state index < -0.39 is 5.97 Å². The van der Waals surface area contributed by atoms with Gasteiger partial charge in [-0.25, -0.2) is 9.18 Å². The number of halogens is 1. The van der Waals surface area contributed by atoms with Gasteiger partial charge in [-0.15, -0.1) is 0 Å². The molecular formula is C15H19FN2O2. The number of ether oxygens (including phenoxy) is 1. The molecular weight excluding hydrogens is 259 g/mol. The number of nitrogens with one attached hydrogen (secondary N) is 1. The Bertz CT molecular complexity index is 521. The van der Waals surface area contributed by atoms with Crippen LogP contribution in [0.3, 0.4) is 0 Å². The first-order valence-electron chi connectivity index (χ1n) is 7.07. The predicted octanol–water partition coefficient (Wildman–Crippen LogP) is 2.26. The summed E-state index contributed by atoms with van der Waals surface area (Å²) in [6.07, 6.45) is 3.41. The molecule has 2 aliphatic rings. The average Bonchev–Trinajstić information content (AvgIpc) is 3.03. The van der Waals surface area contributed by atoms with E-state index in [-0.39, 0.29) is 11.9 Å². The van der Waals surface area contributed by atoms with Crippen LogP contribution in [0.5, 0.6) is 0 Å². The lowest BCUT2D eigenvalue weighted by atomic mass is 10.0. The summed E-state index contributed by atoms with van der Waals surface area (Å²) < 4.78 is 18.2. The van der Waals surface area contributed by atoms with Gasteiger partial charge in [-0.05, 0) is 44.0 Å². The lowest BCUT2D eigenvalue weighted by Gasteiger charge is -2.23. The van der Waals surface area contributed by atoms with E-state index in [0.717, 1.165) is 19.5 Å². The normalized spacial score (nSPS) is 25.5. The minimum absolute atomic E-state index is 0.280. The number of esters is 1. The topological polar surface area (TPSA) is 41.6 Å². The van der Waals surface area contributed by atoms with E-state index >= 15 is 0 Å². The van der Waals surface area contributed by atoms with Crippen molar-refractivity contribution in [2.45, 2.75) is 31.3 Å². The molecule has 0 bridgehead atoms. The number of hydrogen-bond donors (Lipinski definition) is 1. The Morgan fingerprint density at radius 2 is 2.25 bits per heavy atom. The second kappa shape index (κ2) is 5.40. The Kier molecular flexibility index (Phi) is 3.61. The van der Waals surface area contributed by atoms with E-state index in [2.05, 4.69) is 10.2 Å². The highest BCUT2D eigenvalue weighted by molar-refractivity contribution is 5.95. The van der Waals surface area contributed by atoms with Crippen LogP contribution < -0.4 is 5.32 Å². The minimum atomic E-state index is -0.436.